The van der Waals surface area contributed by atoms with E-state index < -0.39 is 30.8 Å². The average Bonchev–Trinajstić information content (AvgIpc) is 3.90. The van der Waals surface area contributed by atoms with Gasteiger partial charge in [-0.2, -0.15) is 0 Å². The van der Waals surface area contributed by atoms with Crippen LogP contribution in [-0.4, -0.2) is 78.1 Å². The van der Waals surface area contributed by atoms with Gasteiger partial charge in [-0.1, -0.05) is 54.7 Å². The number of carbonyl (C=O) groups is 2. The van der Waals surface area contributed by atoms with Crippen molar-refractivity contribution in [2.45, 2.75) is 63.2 Å². The number of aromatic nitrogens is 3. The third kappa shape index (κ3) is 6.01. The van der Waals surface area contributed by atoms with Gasteiger partial charge in [-0.05, 0) is 47.9 Å². The van der Waals surface area contributed by atoms with Crippen LogP contribution in [0.2, 0.25) is 18.6 Å². The van der Waals surface area contributed by atoms with E-state index in [0.29, 0.717) is 55.2 Å². The van der Waals surface area contributed by atoms with Gasteiger partial charge in [0.05, 0.1) is 50.7 Å². The number of anilines is 2. The maximum Gasteiger partial charge on any atom is 0.414 e. The molecule has 2 fully saturated rings. The number of cyclic esters (lactones) is 1. The number of ether oxygens (including phenoxy) is 3. The molecule has 7 rings (SSSR count). The van der Waals surface area contributed by atoms with E-state index in [1.807, 2.05) is 49.5 Å². The van der Waals surface area contributed by atoms with Crippen LogP contribution >= 0.6 is 0 Å². The van der Waals surface area contributed by atoms with Crippen molar-refractivity contribution >= 4 is 42.3 Å². The molecule has 4 aromatic rings. The molecule has 15 heteroatoms. The van der Waals surface area contributed by atoms with Crippen LogP contribution in [0.1, 0.15) is 30.2 Å². The van der Waals surface area contributed by atoms with E-state index in [2.05, 4.69) is 35.5 Å². The van der Waals surface area contributed by atoms with Crippen molar-refractivity contribution in [3.8, 4) is 5.75 Å². The number of methoxy groups -OCH3 is 1. The molecule has 3 aromatic carbocycles. The molecule has 52 heavy (non-hydrogen) atoms. The summed E-state index contributed by atoms with van der Waals surface area (Å²) in [5.41, 5.74) is 1.59. The van der Waals surface area contributed by atoms with Crippen molar-refractivity contribution in [1.29, 1.82) is 0 Å². The minimum atomic E-state index is -2.46. The van der Waals surface area contributed by atoms with Crippen molar-refractivity contribution in [2.24, 2.45) is 5.92 Å². The number of carbonyl (C=O) groups excluding carboxylic acids is 2. The maximum absolute atomic E-state index is 15.1. The van der Waals surface area contributed by atoms with Gasteiger partial charge < -0.3 is 24.2 Å². The van der Waals surface area contributed by atoms with Crippen molar-refractivity contribution < 1.29 is 33.8 Å². The first-order valence-corrected chi connectivity index (χ1v) is 20.5. The minimum absolute atomic E-state index is 0.0322. The lowest BCUT2D eigenvalue weighted by Crippen LogP contribution is -2.51. The van der Waals surface area contributed by atoms with Gasteiger partial charge in [-0.25, -0.2) is 4.79 Å². The number of aliphatic hydroxyl groups is 1. The summed E-state index contributed by atoms with van der Waals surface area (Å²) in [6, 6.07) is 20.1. The van der Waals surface area contributed by atoms with Crippen LogP contribution in [0, 0.1) is 16.0 Å². The first-order valence-electron chi connectivity index (χ1n) is 17.4. The molecular weight excluding hydrogens is 685 g/mol. The lowest BCUT2D eigenvalue weighted by Gasteiger charge is -2.37. The number of nitro groups is 1. The number of rotatable bonds is 12. The van der Waals surface area contributed by atoms with E-state index in [1.165, 1.54) is 17.3 Å². The zero-order valence-corrected chi connectivity index (χ0v) is 30.6. The highest BCUT2D eigenvalue weighted by Crippen LogP contribution is 2.60. The predicted molar refractivity (Wildman–Crippen MR) is 194 cm³/mol. The summed E-state index contributed by atoms with van der Waals surface area (Å²) in [4.78, 5) is 42.2. The van der Waals surface area contributed by atoms with E-state index in [1.54, 1.807) is 27.7 Å². The monoisotopic (exact) mass is 726 g/mol. The van der Waals surface area contributed by atoms with Crippen LogP contribution in [0.25, 0.3) is 0 Å². The summed E-state index contributed by atoms with van der Waals surface area (Å²) in [5, 5.41) is 31.1. The Bertz CT molecular complexity index is 1990. The molecule has 0 aliphatic carbocycles. The standard InChI is InChI=1S/C37H42N6O8Si/c1-24-34(52(3,4)30-12-10-29(49-2)11-13-30)33(15-17-40-23-26(16-19-44)38-39-40)51-37(24)31-21-28(43(47)48)9-14-32(31)42(35(37)45)22-25-5-7-27(8-6-25)41-18-20-50-36(41)46/h5-14,21,23-24,33-34,44H,15-20,22H2,1-4H3/t24-,33+,34-,37+/m1/s1. The Morgan fingerprint density at radius 2 is 1.85 bits per heavy atom. The first kappa shape index (κ1) is 35.3. The maximum atomic E-state index is 15.1. The molecule has 4 heterocycles. The van der Waals surface area contributed by atoms with Crippen LogP contribution in [0.15, 0.2) is 72.9 Å². The second-order valence-corrected chi connectivity index (χ2v) is 18.9. The SMILES string of the molecule is COc1ccc([Si](C)(C)[C@H]2[C@H](CCn3cc(CCO)nn3)O[C@@]3(C(=O)N(Cc4ccc(N5CCOC5=O)cc4)c4ccc([N+](=O)[O-])cc43)[C@@H]2C)cc1. The number of benzene rings is 3. The highest BCUT2D eigenvalue weighted by Gasteiger charge is 2.66. The normalized spacial score (nSPS) is 22.7. The number of amides is 2. The molecule has 3 aliphatic heterocycles. The second-order valence-electron chi connectivity index (χ2n) is 14.2. The molecule has 1 spiro atoms. The number of aliphatic hydroxyl groups excluding tert-OH is 1. The topological polar surface area (TPSA) is 162 Å². The van der Waals surface area contributed by atoms with Gasteiger partial charge in [0.1, 0.15) is 12.4 Å². The summed E-state index contributed by atoms with van der Waals surface area (Å²) in [6.07, 6.45) is 1.92. The van der Waals surface area contributed by atoms with E-state index >= 15 is 4.79 Å². The van der Waals surface area contributed by atoms with Gasteiger partial charge in [-0.15, -0.1) is 5.10 Å². The summed E-state index contributed by atoms with van der Waals surface area (Å²) in [6.45, 7) is 8.04. The van der Waals surface area contributed by atoms with Crippen molar-refractivity contribution in [3.05, 3.63) is 99.9 Å². The fraction of sp³-hybridized carbons (Fsp3) is 0.405. The van der Waals surface area contributed by atoms with Gasteiger partial charge in [0, 0.05) is 55.1 Å². The largest absolute Gasteiger partial charge is 0.497 e. The van der Waals surface area contributed by atoms with E-state index in [-0.39, 0.29) is 36.2 Å². The fourth-order valence-corrected chi connectivity index (χ4v) is 12.4. The zero-order chi connectivity index (χ0) is 36.8. The van der Waals surface area contributed by atoms with Gasteiger partial charge in [-0.3, -0.25) is 24.5 Å². The van der Waals surface area contributed by atoms with Gasteiger partial charge in [0.25, 0.3) is 11.6 Å². The molecular formula is C37H42N6O8Si. The van der Waals surface area contributed by atoms with E-state index in [9.17, 15) is 20.0 Å². The average molecular weight is 727 g/mol. The fourth-order valence-electron chi connectivity index (χ4n) is 8.37. The summed E-state index contributed by atoms with van der Waals surface area (Å²) in [7, 11) is -0.830. The zero-order valence-electron chi connectivity index (χ0n) is 29.6. The number of non-ortho nitro benzene ring substituents is 1. The second kappa shape index (κ2) is 13.8. The molecule has 3 aliphatic rings. The van der Waals surface area contributed by atoms with Gasteiger partial charge in [0.2, 0.25) is 0 Å². The molecule has 1 N–H and O–H groups in total. The number of fused-ring (bicyclic) bond motifs is 2. The summed E-state index contributed by atoms with van der Waals surface area (Å²) >= 11 is 0. The molecule has 4 atom stereocenters. The predicted octanol–water partition coefficient (Wildman–Crippen LogP) is 4.54. The number of hydrogen-bond donors (Lipinski definition) is 1. The highest BCUT2D eigenvalue weighted by atomic mass is 28.3. The molecule has 2 amide bonds. The molecule has 0 unspecified atom stereocenters. The minimum Gasteiger partial charge on any atom is -0.497 e. The van der Waals surface area contributed by atoms with Crippen LogP contribution < -0.4 is 19.7 Å². The Morgan fingerprint density at radius 1 is 1.10 bits per heavy atom. The third-order valence-corrected chi connectivity index (χ3v) is 15.3. The van der Waals surface area contributed by atoms with Crippen molar-refractivity contribution in [3.63, 3.8) is 0 Å². The lowest BCUT2D eigenvalue weighted by atomic mass is 9.82. The van der Waals surface area contributed by atoms with Crippen molar-refractivity contribution in [2.75, 3.05) is 36.7 Å². The van der Waals surface area contributed by atoms with E-state index in [4.69, 9.17) is 14.2 Å². The van der Waals surface area contributed by atoms with E-state index in [0.717, 1.165) is 11.3 Å². The number of aryl methyl sites for hydroxylation is 1. The Hall–Kier alpha value is -5.12. The lowest BCUT2D eigenvalue weighted by molar-refractivity contribution is -0.385. The Kier molecular flexibility index (Phi) is 9.35. The molecule has 1 aromatic heterocycles. The molecule has 0 saturated carbocycles. The smallest absolute Gasteiger partial charge is 0.414 e. The Labute approximate surface area is 302 Å². The van der Waals surface area contributed by atoms with Crippen LogP contribution in [0.5, 0.6) is 5.75 Å². The first-order chi connectivity index (χ1) is 25.0. The summed E-state index contributed by atoms with van der Waals surface area (Å²) < 4.78 is 19.4. The number of hydrogen-bond acceptors (Lipinski definition) is 10. The van der Waals surface area contributed by atoms with Gasteiger partial charge in [0.15, 0.2) is 5.60 Å². The molecule has 2 saturated heterocycles. The van der Waals surface area contributed by atoms with Crippen LogP contribution in [0.4, 0.5) is 21.9 Å². The quantitative estimate of drug-likeness (QED) is 0.125. The van der Waals surface area contributed by atoms with Crippen LogP contribution in [-0.2, 0) is 39.4 Å². The van der Waals surface area contributed by atoms with Crippen LogP contribution in [0.3, 0.4) is 0 Å². The molecule has 0 bridgehead atoms. The number of nitro benzene ring substituents is 1. The van der Waals surface area contributed by atoms with Crippen molar-refractivity contribution in [1.82, 2.24) is 15.0 Å². The molecule has 0 radical (unpaired) electrons. The third-order valence-electron chi connectivity index (χ3n) is 11.0. The highest BCUT2D eigenvalue weighted by molar-refractivity contribution is 6.91. The Morgan fingerprint density at radius 3 is 2.50 bits per heavy atom. The number of nitrogens with zero attached hydrogens (tertiary/aromatic N) is 6. The Balaban J connectivity index is 1.28. The van der Waals surface area contributed by atoms with Gasteiger partial charge >= 0.3 is 6.09 Å². The molecule has 272 valence electrons. The molecule has 14 nitrogen and oxygen atoms in total. The summed E-state index contributed by atoms with van der Waals surface area (Å²) in [5.74, 6) is 0.128.